The Morgan fingerprint density at radius 1 is 1.25 bits per heavy atom. The molecule has 1 N–H and O–H groups in total. The molecule has 0 aromatic rings. The average molecular weight is 213 g/mol. The van der Waals surface area contributed by atoms with Gasteiger partial charge in [0.25, 0.3) is 0 Å². The van der Waals surface area contributed by atoms with E-state index in [0.717, 1.165) is 6.04 Å². The van der Waals surface area contributed by atoms with Gasteiger partial charge in [-0.05, 0) is 0 Å². The summed E-state index contributed by atoms with van der Waals surface area (Å²) in [6.45, 7) is 0. The molecule has 3 saturated heterocycles. The van der Waals surface area contributed by atoms with Gasteiger partial charge in [-0.2, -0.15) is 0 Å². The van der Waals surface area contributed by atoms with Crippen molar-refractivity contribution in [3.8, 4) is 0 Å². The number of fused-ring (bicyclic) bond motifs is 3. The second-order valence-electron chi connectivity index (χ2n) is 3.13. The molecule has 2 bridgehead atoms. The van der Waals surface area contributed by atoms with E-state index in [2.05, 4.69) is 5.32 Å². The zero-order valence-corrected chi connectivity index (χ0v) is 8.49. The van der Waals surface area contributed by atoms with Crippen LogP contribution in [0.5, 0.6) is 0 Å². The zero-order chi connectivity index (χ0) is 5.40. The molecule has 3 rings (SSSR count). The van der Waals surface area contributed by atoms with Crippen LogP contribution in [-0.2, 0) is 0 Å². The van der Waals surface area contributed by atoms with Gasteiger partial charge in [-0.15, -0.1) is 0 Å². The maximum absolute atomic E-state index is 3.61. The summed E-state index contributed by atoms with van der Waals surface area (Å²) >= 11 is -0.761. The van der Waals surface area contributed by atoms with E-state index in [0.29, 0.717) is 0 Å². The molecule has 0 radical (unpaired) electrons. The summed E-state index contributed by atoms with van der Waals surface area (Å²) < 4.78 is 4.94. The van der Waals surface area contributed by atoms with Gasteiger partial charge in [-0.3, -0.25) is 0 Å². The van der Waals surface area contributed by atoms with E-state index in [9.17, 15) is 0 Å². The van der Waals surface area contributed by atoms with E-state index < -0.39 is 21.4 Å². The summed E-state index contributed by atoms with van der Waals surface area (Å²) in [7, 11) is 0. The Morgan fingerprint density at radius 3 is 2.12 bits per heavy atom. The monoisotopic (exact) mass is 213 g/mol. The molecule has 3 heterocycles. The van der Waals surface area contributed by atoms with Crippen molar-refractivity contribution in [3.05, 3.63) is 0 Å². The Morgan fingerprint density at radius 2 is 2.00 bits per heavy atom. The third-order valence-corrected chi connectivity index (χ3v) is 11.4. The minimum atomic E-state index is -0.761. The van der Waals surface area contributed by atoms with Crippen molar-refractivity contribution in [3.63, 3.8) is 0 Å². The van der Waals surface area contributed by atoms with Gasteiger partial charge < -0.3 is 0 Å². The van der Waals surface area contributed by atoms with Crippen molar-refractivity contribution in [1.29, 1.82) is 0 Å². The molecular formula is C6H12InN. The van der Waals surface area contributed by atoms with Crippen LogP contribution >= 0.6 is 0 Å². The molecule has 3 fully saturated rings. The first kappa shape index (κ1) is 5.60. The van der Waals surface area contributed by atoms with E-state index in [4.69, 9.17) is 0 Å². The van der Waals surface area contributed by atoms with Crippen LogP contribution < -0.4 is 5.32 Å². The quantitative estimate of drug-likeness (QED) is 0.627. The molecule has 0 unspecified atom stereocenters. The van der Waals surface area contributed by atoms with Gasteiger partial charge in [0.2, 0.25) is 0 Å². The van der Waals surface area contributed by atoms with Crippen molar-refractivity contribution in [2.75, 3.05) is 4.30 Å². The number of hydrogen-bond acceptors (Lipinski definition) is 1. The first-order chi connectivity index (χ1) is 3.95. The fourth-order valence-corrected chi connectivity index (χ4v) is 10.8. The molecule has 0 aromatic heterocycles. The maximum atomic E-state index is 3.61. The van der Waals surface area contributed by atoms with Crippen LogP contribution in [0.1, 0.15) is 12.8 Å². The number of hydrogen-bond donors (Lipinski definition) is 1. The molecule has 0 aliphatic carbocycles. The van der Waals surface area contributed by atoms with E-state index in [-0.39, 0.29) is 0 Å². The molecule has 0 amide bonds. The Balaban J connectivity index is 2.03. The predicted molar refractivity (Wildman–Crippen MR) is 36.4 cm³/mol. The van der Waals surface area contributed by atoms with Gasteiger partial charge in [0.1, 0.15) is 0 Å². The van der Waals surface area contributed by atoms with E-state index in [1.165, 1.54) is 4.30 Å². The SMILES string of the molecule is C1[CH2][In]2[CH2]CC1N[CH2]2. The van der Waals surface area contributed by atoms with Crippen molar-refractivity contribution in [2.24, 2.45) is 0 Å². The van der Waals surface area contributed by atoms with Gasteiger partial charge >= 0.3 is 58.3 Å². The van der Waals surface area contributed by atoms with Crippen LogP contribution in [0.4, 0.5) is 0 Å². The zero-order valence-electron chi connectivity index (χ0n) is 5.19. The summed E-state index contributed by atoms with van der Waals surface area (Å²) in [4.78, 5) is 0. The van der Waals surface area contributed by atoms with Gasteiger partial charge in [0.05, 0.1) is 0 Å². The second-order valence-corrected chi connectivity index (χ2v) is 12.5. The van der Waals surface area contributed by atoms with Crippen LogP contribution in [0.2, 0.25) is 8.35 Å². The Hall–Kier alpha value is 0.830. The normalized spacial score (nSPS) is 29.2. The molecule has 0 aromatic carbocycles. The van der Waals surface area contributed by atoms with Crippen LogP contribution in [-0.4, -0.2) is 31.8 Å². The molecule has 2 heteroatoms. The first-order valence-electron chi connectivity index (χ1n) is 3.68. The average Bonchev–Trinajstić information content (AvgIpc) is 1.92. The second kappa shape index (κ2) is 2.22. The Labute approximate surface area is 58.4 Å². The topological polar surface area (TPSA) is 12.0 Å². The van der Waals surface area contributed by atoms with Crippen molar-refractivity contribution in [1.82, 2.24) is 5.32 Å². The number of rotatable bonds is 0. The predicted octanol–water partition coefficient (Wildman–Crippen LogP) is 0.786. The molecule has 0 saturated carbocycles. The van der Waals surface area contributed by atoms with E-state index in [1.807, 2.05) is 0 Å². The third-order valence-electron chi connectivity index (χ3n) is 2.54. The van der Waals surface area contributed by atoms with Crippen LogP contribution in [0.25, 0.3) is 0 Å². The van der Waals surface area contributed by atoms with Gasteiger partial charge in [-0.25, -0.2) is 0 Å². The summed E-state index contributed by atoms with van der Waals surface area (Å²) in [5, 5.41) is 3.61. The number of nitrogens with one attached hydrogen (secondary N) is 1. The van der Waals surface area contributed by atoms with E-state index in [1.54, 1.807) is 21.2 Å². The van der Waals surface area contributed by atoms with Gasteiger partial charge in [-0.1, -0.05) is 0 Å². The van der Waals surface area contributed by atoms with Gasteiger partial charge in [0, 0.05) is 0 Å². The Bertz CT molecular complexity index is 63.5. The molecule has 3 aliphatic rings. The first-order valence-corrected chi connectivity index (χ1v) is 10.7. The van der Waals surface area contributed by atoms with Crippen molar-refractivity contribution >= 4 is 21.4 Å². The standard InChI is InChI=1S/C6H12N.In/c1-4-6(5-2)7-3;/h6-7H,1-5H2;. The summed E-state index contributed by atoms with van der Waals surface area (Å²) in [5.41, 5.74) is 0. The molecule has 3 aliphatic heterocycles. The molecule has 0 atom stereocenters. The minimum absolute atomic E-state index is 0.761. The fourth-order valence-electron chi connectivity index (χ4n) is 1.90. The summed E-state index contributed by atoms with van der Waals surface area (Å²) in [6, 6.07) is 0.955. The molecule has 0 spiro atoms. The van der Waals surface area contributed by atoms with Crippen LogP contribution in [0.3, 0.4) is 0 Å². The van der Waals surface area contributed by atoms with Crippen molar-refractivity contribution < 1.29 is 0 Å². The molecule has 8 heavy (non-hydrogen) atoms. The molecule has 44 valence electrons. The van der Waals surface area contributed by atoms with E-state index >= 15 is 0 Å². The molecule has 1 nitrogen and oxygen atoms in total. The summed E-state index contributed by atoms with van der Waals surface area (Å²) in [5.74, 6) is 0. The van der Waals surface area contributed by atoms with Crippen LogP contribution in [0, 0.1) is 0 Å². The fraction of sp³-hybridized carbons (Fsp3) is 1.00. The summed E-state index contributed by atoms with van der Waals surface area (Å²) in [6.07, 6.45) is 3.08. The third kappa shape index (κ3) is 0.926. The Kier molecular flexibility index (Phi) is 1.55. The van der Waals surface area contributed by atoms with Crippen LogP contribution in [0.15, 0.2) is 0 Å². The molecular weight excluding hydrogens is 201 g/mol. The van der Waals surface area contributed by atoms with Crippen molar-refractivity contribution in [2.45, 2.75) is 27.2 Å². The van der Waals surface area contributed by atoms with Gasteiger partial charge in [0.15, 0.2) is 0 Å².